The van der Waals surface area contributed by atoms with Crippen LogP contribution in [-0.2, 0) is 14.2 Å². The maximum Gasteiger partial charge on any atom is 0.316 e. The van der Waals surface area contributed by atoms with Gasteiger partial charge in [0, 0.05) is 0 Å². The van der Waals surface area contributed by atoms with Gasteiger partial charge in [-0.1, -0.05) is 12.8 Å². The minimum atomic E-state index is -4.27. The number of hydrogen-bond acceptors (Lipinski definition) is 4. The molecule has 104 valence electrons. The first kappa shape index (κ1) is 15.1. The van der Waals surface area contributed by atoms with Gasteiger partial charge in [0.25, 0.3) is 0 Å². The van der Waals surface area contributed by atoms with Crippen LogP contribution in [-0.4, -0.2) is 49.6 Å². The smallest absolute Gasteiger partial charge is 0.316 e. The minimum absolute atomic E-state index is 0.248. The van der Waals surface area contributed by atoms with Crippen molar-refractivity contribution in [1.29, 1.82) is 0 Å². The normalized spacial score (nSPS) is 29.2. The Bertz CT molecular complexity index is 380. The summed E-state index contributed by atoms with van der Waals surface area (Å²) in [5.74, 6) is -3.05. The van der Waals surface area contributed by atoms with E-state index in [2.05, 4.69) is 0 Å². The summed E-state index contributed by atoms with van der Waals surface area (Å²) in [6.45, 7) is 0. The summed E-state index contributed by atoms with van der Waals surface area (Å²) < 4.78 is 12.2. The highest BCUT2D eigenvalue weighted by molar-refractivity contribution is 7.60. The predicted molar refractivity (Wildman–Crippen MR) is 61.8 cm³/mol. The fraction of sp³-hybridized carbons (Fsp3) is 0.800. The monoisotopic (exact) mass is 280 g/mol. The van der Waals surface area contributed by atoms with Crippen molar-refractivity contribution in [3.8, 4) is 0 Å². The summed E-state index contributed by atoms with van der Waals surface area (Å²) in [7, 11) is -4.27. The molecule has 0 amide bonds. The van der Waals surface area contributed by atoms with Crippen LogP contribution < -0.4 is 0 Å². The van der Waals surface area contributed by atoms with Crippen molar-refractivity contribution in [2.45, 2.75) is 49.5 Å². The van der Waals surface area contributed by atoms with Crippen molar-refractivity contribution in [3.05, 3.63) is 0 Å². The Hall–Kier alpha value is -0.910. The summed E-state index contributed by atoms with van der Waals surface area (Å²) in [5.41, 5.74) is -2.89. The minimum Gasteiger partial charge on any atom is -0.481 e. The lowest BCUT2D eigenvalue weighted by Gasteiger charge is -2.33. The molecule has 0 spiro atoms. The van der Waals surface area contributed by atoms with Gasteiger partial charge in [0.05, 0.1) is 18.2 Å². The Kier molecular flexibility index (Phi) is 4.90. The molecule has 0 radical (unpaired) electrons. The van der Waals surface area contributed by atoms with E-state index in [1.807, 2.05) is 0 Å². The van der Waals surface area contributed by atoms with Crippen LogP contribution in [0.1, 0.15) is 32.1 Å². The summed E-state index contributed by atoms with van der Waals surface area (Å²) in [6, 6.07) is 0. The Morgan fingerprint density at radius 2 is 1.78 bits per heavy atom. The number of aliphatic carboxylic acids is 2. The fourth-order valence-electron chi connectivity index (χ4n) is 2.30. The number of aliphatic hydroxyl groups excluding tert-OH is 1. The topological polar surface area (TPSA) is 132 Å². The van der Waals surface area contributed by atoms with Crippen LogP contribution in [0.4, 0.5) is 0 Å². The van der Waals surface area contributed by atoms with E-state index in [4.69, 9.17) is 10.2 Å². The van der Waals surface area contributed by atoms with E-state index < -0.39 is 43.2 Å². The number of rotatable bonds is 5. The first-order chi connectivity index (χ1) is 8.26. The first-order valence-corrected chi connectivity index (χ1v) is 7.51. The molecule has 7 nitrogen and oxygen atoms in total. The van der Waals surface area contributed by atoms with Crippen molar-refractivity contribution in [2.75, 3.05) is 0 Å². The molecule has 0 saturated heterocycles. The number of carboxylic acids is 2. The lowest BCUT2D eigenvalue weighted by Crippen LogP contribution is -2.36. The highest BCUT2D eigenvalue weighted by atomic mass is 31.2. The second-order valence-electron chi connectivity index (χ2n) is 4.54. The van der Waals surface area contributed by atoms with Gasteiger partial charge in [-0.3, -0.25) is 14.2 Å². The zero-order valence-corrected chi connectivity index (χ0v) is 10.6. The van der Waals surface area contributed by atoms with Gasteiger partial charge >= 0.3 is 11.9 Å². The number of aliphatic hydroxyl groups is 1. The van der Waals surface area contributed by atoms with E-state index in [1.165, 1.54) is 0 Å². The Morgan fingerprint density at radius 1 is 1.22 bits per heavy atom. The molecule has 18 heavy (non-hydrogen) atoms. The van der Waals surface area contributed by atoms with Crippen molar-refractivity contribution < 1.29 is 34.4 Å². The highest BCUT2D eigenvalue weighted by Crippen LogP contribution is 2.56. The molecule has 1 saturated carbocycles. The van der Waals surface area contributed by atoms with Crippen molar-refractivity contribution in [2.24, 2.45) is 0 Å². The molecule has 4 N–H and O–H groups in total. The second kappa shape index (κ2) is 5.82. The molecule has 1 unspecified atom stereocenters. The summed E-state index contributed by atoms with van der Waals surface area (Å²) in [6.07, 6.45) is -0.00972. The molecule has 1 aliphatic carbocycles. The molecule has 0 aromatic rings. The zero-order chi connectivity index (χ0) is 13.9. The molecule has 1 rings (SSSR count). The lowest BCUT2D eigenvalue weighted by molar-refractivity contribution is -0.143. The lowest BCUT2D eigenvalue weighted by atomic mass is 9.97. The van der Waals surface area contributed by atoms with E-state index in [0.717, 1.165) is 0 Å². The van der Waals surface area contributed by atoms with E-state index in [-0.39, 0.29) is 6.42 Å². The highest BCUT2D eigenvalue weighted by Gasteiger charge is 2.47. The molecule has 1 fully saturated rings. The fourth-order valence-corrected chi connectivity index (χ4v) is 4.69. The average Bonchev–Trinajstić information content (AvgIpc) is 2.25. The van der Waals surface area contributed by atoms with Gasteiger partial charge in [-0.15, -0.1) is 0 Å². The largest absolute Gasteiger partial charge is 0.481 e. The van der Waals surface area contributed by atoms with Crippen LogP contribution >= 0.6 is 7.37 Å². The first-order valence-electron chi connectivity index (χ1n) is 5.71. The molecule has 0 bridgehead atoms. The second-order valence-corrected chi connectivity index (χ2v) is 7.18. The summed E-state index contributed by atoms with van der Waals surface area (Å²) in [5, 5.41) is 27.2. The van der Waals surface area contributed by atoms with Gasteiger partial charge in [0.15, 0.2) is 0 Å². The van der Waals surface area contributed by atoms with Crippen LogP contribution in [0.15, 0.2) is 0 Å². The van der Waals surface area contributed by atoms with Crippen molar-refractivity contribution in [3.63, 3.8) is 0 Å². The van der Waals surface area contributed by atoms with Crippen LogP contribution in [0.2, 0.25) is 0 Å². The Labute approximate surface area is 104 Å². The molecular weight excluding hydrogens is 263 g/mol. The molecule has 0 aromatic carbocycles. The third-order valence-electron chi connectivity index (χ3n) is 3.27. The number of hydrogen-bond donors (Lipinski definition) is 4. The van der Waals surface area contributed by atoms with Gasteiger partial charge in [-0.25, -0.2) is 0 Å². The van der Waals surface area contributed by atoms with Gasteiger partial charge in [0.2, 0.25) is 7.37 Å². The predicted octanol–water partition coefficient (Wildman–Crippen LogP) is 0.488. The van der Waals surface area contributed by atoms with Crippen LogP contribution in [0.5, 0.6) is 0 Å². The SMILES string of the molecule is O=C(O)C[C@H](C(=O)O)P(=O)(O)[C@H]1CCCC[C@@H]1O. The van der Waals surface area contributed by atoms with Crippen molar-refractivity contribution in [1.82, 2.24) is 0 Å². The standard InChI is InChI=1S/C10H17O7P/c11-6-3-1-2-4-7(6)18(16,17)8(10(14)15)5-9(12)13/h6-8,11H,1-5H2,(H,12,13)(H,14,15)(H,16,17)/t6-,7-,8+/m0/s1. The molecule has 0 aromatic heterocycles. The van der Waals surface area contributed by atoms with Crippen LogP contribution in [0, 0.1) is 0 Å². The third-order valence-corrected chi connectivity index (χ3v) is 6.12. The van der Waals surface area contributed by atoms with Crippen LogP contribution in [0.3, 0.4) is 0 Å². The maximum atomic E-state index is 12.2. The zero-order valence-electron chi connectivity index (χ0n) is 9.73. The maximum absolute atomic E-state index is 12.2. The molecule has 0 heterocycles. The quantitative estimate of drug-likeness (QED) is 0.538. The molecule has 4 atom stereocenters. The van der Waals surface area contributed by atoms with Gasteiger partial charge in [-0.2, -0.15) is 0 Å². The summed E-state index contributed by atoms with van der Waals surface area (Å²) >= 11 is 0. The van der Waals surface area contributed by atoms with E-state index in [1.54, 1.807) is 0 Å². The van der Waals surface area contributed by atoms with Gasteiger partial charge in [0.1, 0.15) is 5.66 Å². The Morgan fingerprint density at radius 3 is 2.22 bits per heavy atom. The van der Waals surface area contributed by atoms with E-state index in [0.29, 0.717) is 19.3 Å². The average molecular weight is 280 g/mol. The number of carbonyl (C=O) groups is 2. The van der Waals surface area contributed by atoms with Gasteiger partial charge in [-0.05, 0) is 12.8 Å². The number of carboxylic acid groups (broad SMARTS) is 2. The molecular formula is C10H17O7P. The van der Waals surface area contributed by atoms with E-state index >= 15 is 0 Å². The third kappa shape index (κ3) is 3.31. The Balaban J connectivity index is 2.96. The summed E-state index contributed by atoms with van der Waals surface area (Å²) in [4.78, 5) is 31.5. The van der Waals surface area contributed by atoms with E-state index in [9.17, 15) is 24.2 Å². The van der Waals surface area contributed by atoms with Crippen molar-refractivity contribution >= 4 is 19.3 Å². The molecule has 0 aliphatic heterocycles. The van der Waals surface area contributed by atoms with Crippen LogP contribution in [0.25, 0.3) is 0 Å². The molecule has 8 heteroatoms. The van der Waals surface area contributed by atoms with Gasteiger partial charge < -0.3 is 20.2 Å². The molecule has 1 aliphatic rings.